The van der Waals surface area contributed by atoms with Crippen LogP contribution < -0.4 is 15.8 Å². The van der Waals surface area contributed by atoms with Crippen molar-refractivity contribution in [3.05, 3.63) is 28.1 Å². The quantitative estimate of drug-likeness (QED) is 0.847. The van der Waals surface area contributed by atoms with Crippen molar-refractivity contribution in [2.24, 2.45) is 5.73 Å². The fourth-order valence-electron chi connectivity index (χ4n) is 1.37. The summed E-state index contributed by atoms with van der Waals surface area (Å²) in [4.78, 5) is 8.42. The van der Waals surface area contributed by atoms with E-state index in [-0.39, 0.29) is 0 Å². The maximum Gasteiger partial charge on any atom is 0.218 e. The van der Waals surface area contributed by atoms with Gasteiger partial charge in [0, 0.05) is 6.07 Å². The highest BCUT2D eigenvalue weighted by Crippen LogP contribution is 2.15. The first-order valence-electron chi connectivity index (χ1n) is 5.55. The predicted octanol–water partition coefficient (Wildman–Crippen LogP) is 1.19. The first-order valence-corrected chi connectivity index (χ1v) is 6.37. The second kappa shape index (κ2) is 6.10. The van der Waals surface area contributed by atoms with Gasteiger partial charge in [0.2, 0.25) is 5.88 Å². The molecule has 8 heteroatoms. The summed E-state index contributed by atoms with van der Waals surface area (Å²) < 4.78 is 5.11. The minimum absolute atomic E-state index is 0.471. The van der Waals surface area contributed by atoms with Crippen molar-refractivity contribution in [2.75, 3.05) is 12.4 Å². The van der Waals surface area contributed by atoms with Crippen molar-refractivity contribution in [1.29, 1.82) is 0 Å². The molecule has 100 valence electrons. The van der Waals surface area contributed by atoms with E-state index in [9.17, 15) is 0 Å². The largest absolute Gasteiger partial charge is 0.481 e. The molecule has 0 amide bonds. The Kier molecular flexibility index (Phi) is 4.24. The van der Waals surface area contributed by atoms with E-state index in [1.165, 1.54) is 17.5 Å². The molecule has 0 fully saturated rings. The molecular formula is C11H14N6OS. The zero-order valence-electron chi connectivity index (χ0n) is 10.6. The Hall–Kier alpha value is -2.22. The molecular weight excluding hydrogens is 264 g/mol. The van der Waals surface area contributed by atoms with Gasteiger partial charge in [0.15, 0.2) is 5.82 Å². The first kappa shape index (κ1) is 13.2. The third kappa shape index (κ3) is 3.62. The number of hydrogen-bond donors (Lipinski definition) is 2. The van der Waals surface area contributed by atoms with Crippen LogP contribution in [-0.4, -0.2) is 27.3 Å². The summed E-state index contributed by atoms with van der Waals surface area (Å²) in [5.74, 6) is 1.60. The molecule has 0 atom stereocenters. The van der Waals surface area contributed by atoms with Crippen molar-refractivity contribution < 1.29 is 4.74 Å². The number of hydrogen-bond acceptors (Lipinski definition) is 8. The van der Waals surface area contributed by atoms with Gasteiger partial charge in [-0.1, -0.05) is 11.3 Å². The summed E-state index contributed by atoms with van der Waals surface area (Å²) >= 11 is 1.54. The zero-order valence-corrected chi connectivity index (χ0v) is 11.4. The topological polar surface area (TPSA) is 98.8 Å². The van der Waals surface area contributed by atoms with E-state index >= 15 is 0 Å². The maximum atomic E-state index is 5.33. The smallest absolute Gasteiger partial charge is 0.218 e. The molecule has 0 aliphatic heterocycles. The third-order valence-corrected chi connectivity index (χ3v) is 3.00. The normalized spacial score (nSPS) is 10.8. The van der Waals surface area contributed by atoms with Crippen LogP contribution >= 0.6 is 11.3 Å². The average Bonchev–Trinajstić information content (AvgIpc) is 2.82. The number of aromatic nitrogens is 4. The Bertz CT molecular complexity index is 582. The van der Waals surface area contributed by atoms with E-state index in [1.807, 2.05) is 6.92 Å². The van der Waals surface area contributed by atoms with Gasteiger partial charge in [-0.25, -0.2) is 4.98 Å². The van der Waals surface area contributed by atoms with Crippen LogP contribution in [0, 0.1) is 6.92 Å². The van der Waals surface area contributed by atoms with Crippen molar-refractivity contribution in [3.8, 4) is 5.88 Å². The fourth-order valence-corrected chi connectivity index (χ4v) is 2.02. The Morgan fingerprint density at radius 1 is 1.42 bits per heavy atom. The molecule has 19 heavy (non-hydrogen) atoms. The van der Waals surface area contributed by atoms with Crippen LogP contribution in [0.5, 0.6) is 5.88 Å². The Morgan fingerprint density at radius 3 is 2.89 bits per heavy atom. The molecule has 0 aromatic carbocycles. The predicted molar refractivity (Wildman–Crippen MR) is 73.8 cm³/mol. The van der Waals surface area contributed by atoms with Gasteiger partial charge in [-0.3, -0.25) is 0 Å². The van der Waals surface area contributed by atoms with Crippen molar-refractivity contribution >= 4 is 23.2 Å². The SMILES string of the molecule is COc1cc(NCc2nnc(C)s2)nc(C=CN)n1. The Labute approximate surface area is 114 Å². The summed E-state index contributed by atoms with van der Waals surface area (Å²) in [7, 11) is 1.55. The molecule has 0 bridgehead atoms. The summed E-state index contributed by atoms with van der Waals surface area (Å²) in [5.41, 5.74) is 5.33. The zero-order chi connectivity index (χ0) is 13.7. The molecule has 0 aliphatic carbocycles. The number of nitrogens with two attached hydrogens (primary N) is 1. The van der Waals surface area contributed by atoms with Crippen LogP contribution in [0.25, 0.3) is 6.08 Å². The second-order valence-corrected chi connectivity index (χ2v) is 4.85. The van der Waals surface area contributed by atoms with E-state index < -0.39 is 0 Å². The van der Waals surface area contributed by atoms with Gasteiger partial charge in [-0.05, 0) is 19.2 Å². The Morgan fingerprint density at radius 2 is 2.26 bits per heavy atom. The summed E-state index contributed by atoms with van der Waals surface area (Å²) in [6.07, 6.45) is 2.98. The van der Waals surface area contributed by atoms with E-state index in [1.54, 1.807) is 19.3 Å². The highest BCUT2D eigenvalue weighted by Gasteiger charge is 2.05. The average molecular weight is 278 g/mol. The highest BCUT2D eigenvalue weighted by atomic mass is 32.1. The molecule has 2 heterocycles. The molecule has 0 unspecified atom stereocenters. The lowest BCUT2D eigenvalue weighted by Crippen LogP contribution is -2.04. The van der Waals surface area contributed by atoms with E-state index in [0.29, 0.717) is 24.1 Å². The van der Waals surface area contributed by atoms with Gasteiger partial charge in [0.05, 0.1) is 13.7 Å². The molecule has 0 saturated heterocycles. The molecule has 0 saturated carbocycles. The lowest BCUT2D eigenvalue weighted by molar-refractivity contribution is 0.396. The Balaban J connectivity index is 2.12. The molecule has 2 rings (SSSR count). The van der Waals surface area contributed by atoms with E-state index in [0.717, 1.165) is 10.0 Å². The molecule has 2 aromatic heterocycles. The van der Waals surface area contributed by atoms with Gasteiger partial charge in [-0.15, -0.1) is 10.2 Å². The van der Waals surface area contributed by atoms with Crippen LogP contribution in [0.3, 0.4) is 0 Å². The van der Waals surface area contributed by atoms with Crippen molar-refractivity contribution in [1.82, 2.24) is 20.2 Å². The summed E-state index contributed by atoms with van der Waals surface area (Å²) in [6.45, 7) is 2.47. The molecule has 0 radical (unpaired) electrons. The van der Waals surface area contributed by atoms with E-state index in [2.05, 4.69) is 25.5 Å². The second-order valence-electron chi connectivity index (χ2n) is 3.58. The number of nitrogens with one attached hydrogen (secondary N) is 1. The lowest BCUT2D eigenvalue weighted by Gasteiger charge is -2.06. The van der Waals surface area contributed by atoms with Crippen LogP contribution in [0.2, 0.25) is 0 Å². The highest BCUT2D eigenvalue weighted by molar-refractivity contribution is 7.11. The molecule has 3 N–H and O–H groups in total. The van der Waals surface area contributed by atoms with Gasteiger partial charge in [-0.2, -0.15) is 4.98 Å². The molecule has 7 nitrogen and oxygen atoms in total. The van der Waals surface area contributed by atoms with Gasteiger partial charge >= 0.3 is 0 Å². The number of aryl methyl sites for hydroxylation is 1. The van der Waals surface area contributed by atoms with Crippen molar-refractivity contribution in [2.45, 2.75) is 13.5 Å². The van der Waals surface area contributed by atoms with Gasteiger partial charge in [0.25, 0.3) is 0 Å². The monoisotopic (exact) mass is 278 g/mol. The standard InChI is InChI=1S/C11H14N6OS/c1-7-16-17-11(19-7)6-13-9-5-10(18-2)15-8(14-9)3-4-12/h3-5H,6,12H2,1-2H3,(H,13,14,15). The van der Waals surface area contributed by atoms with Gasteiger partial charge in [0.1, 0.15) is 15.8 Å². The minimum atomic E-state index is 0.471. The molecule has 2 aromatic rings. The number of nitrogens with zero attached hydrogens (tertiary/aromatic N) is 4. The van der Waals surface area contributed by atoms with Crippen LogP contribution in [0.4, 0.5) is 5.82 Å². The first-order chi connectivity index (χ1) is 9.21. The fraction of sp³-hybridized carbons (Fsp3) is 0.273. The van der Waals surface area contributed by atoms with Gasteiger partial charge < -0.3 is 15.8 Å². The number of methoxy groups -OCH3 is 1. The van der Waals surface area contributed by atoms with E-state index in [4.69, 9.17) is 10.5 Å². The lowest BCUT2D eigenvalue weighted by atomic mass is 10.4. The number of rotatable bonds is 5. The minimum Gasteiger partial charge on any atom is -0.481 e. The maximum absolute atomic E-state index is 5.33. The van der Waals surface area contributed by atoms with Crippen LogP contribution in [0.15, 0.2) is 12.3 Å². The molecule has 0 spiro atoms. The van der Waals surface area contributed by atoms with Crippen molar-refractivity contribution in [3.63, 3.8) is 0 Å². The summed E-state index contributed by atoms with van der Waals surface area (Å²) in [5, 5.41) is 13.0. The van der Waals surface area contributed by atoms with Crippen LogP contribution in [0.1, 0.15) is 15.8 Å². The number of anilines is 1. The summed E-state index contributed by atoms with van der Waals surface area (Å²) in [6, 6.07) is 1.71. The third-order valence-electron chi connectivity index (χ3n) is 2.16. The molecule has 0 aliphatic rings. The number of ether oxygens (including phenoxy) is 1. The van der Waals surface area contributed by atoms with Crippen LogP contribution in [-0.2, 0) is 6.54 Å².